The highest BCUT2D eigenvalue weighted by Crippen LogP contribution is 2.31. The van der Waals surface area contributed by atoms with Crippen molar-refractivity contribution in [3.63, 3.8) is 0 Å². The first kappa shape index (κ1) is 10.7. The van der Waals surface area contributed by atoms with E-state index in [1.807, 2.05) is 19.1 Å². The molecule has 0 radical (unpaired) electrons. The molecule has 0 aromatic carbocycles. The zero-order chi connectivity index (χ0) is 10.7. The summed E-state index contributed by atoms with van der Waals surface area (Å²) in [7, 11) is 0. The first-order valence-electron chi connectivity index (χ1n) is 4.70. The molecule has 2 aromatic heterocycles. The molecule has 0 aliphatic rings. The van der Waals surface area contributed by atoms with Crippen LogP contribution in [-0.2, 0) is 6.54 Å². The van der Waals surface area contributed by atoms with Gasteiger partial charge in [-0.15, -0.1) is 11.3 Å². The van der Waals surface area contributed by atoms with Crippen LogP contribution >= 0.6 is 22.9 Å². The Morgan fingerprint density at radius 1 is 1.53 bits per heavy atom. The van der Waals surface area contributed by atoms with Crippen LogP contribution < -0.4 is 5.32 Å². The molecule has 1 N–H and O–H groups in total. The predicted molar refractivity (Wildman–Crippen MR) is 62.2 cm³/mol. The summed E-state index contributed by atoms with van der Waals surface area (Å²) in [5, 5.41) is 3.16. The van der Waals surface area contributed by atoms with Crippen LogP contribution in [0.15, 0.2) is 22.7 Å². The summed E-state index contributed by atoms with van der Waals surface area (Å²) in [6.45, 7) is 3.61. The van der Waals surface area contributed by atoms with Gasteiger partial charge in [0.1, 0.15) is 0 Å². The topological polar surface area (TPSA) is 38.1 Å². The van der Waals surface area contributed by atoms with Crippen molar-refractivity contribution in [1.29, 1.82) is 0 Å². The van der Waals surface area contributed by atoms with Crippen LogP contribution in [0.25, 0.3) is 10.6 Å². The maximum atomic E-state index is 5.84. The van der Waals surface area contributed by atoms with Crippen molar-refractivity contribution in [2.75, 3.05) is 6.54 Å². The SMILES string of the molecule is CCNCc1ncc(-c2ccc(Cl)s2)o1. The number of oxazole rings is 1. The molecule has 5 heteroatoms. The van der Waals surface area contributed by atoms with Gasteiger partial charge in [0.25, 0.3) is 0 Å². The molecule has 0 aliphatic heterocycles. The van der Waals surface area contributed by atoms with E-state index >= 15 is 0 Å². The Labute approximate surface area is 97.1 Å². The summed E-state index contributed by atoms with van der Waals surface area (Å²) in [4.78, 5) is 5.18. The van der Waals surface area contributed by atoms with E-state index in [1.165, 1.54) is 11.3 Å². The van der Waals surface area contributed by atoms with Crippen LogP contribution in [0, 0.1) is 0 Å². The Morgan fingerprint density at radius 3 is 3.07 bits per heavy atom. The highest BCUT2D eigenvalue weighted by molar-refractivity contribution is 7.19. The van der Waals surface area contributed by atoms with Crippen LogP contribution in [0.1, 0.15) is 12.8 Å². The second kappa shape index (κ2) is 4.79. The van der Waals surface area contributed by atoms with Gasteiger partial charge >= 0.3 is 0 Å². The van der Waals surface area contributed by atoms with Gasteiger partial charge in [0.05, 0.1) is 22.0 Å². The van der Waals surface area contributed by atoms with E-state index in [0.717, 1.165) is 21.5 Å². The predicted octanol–water partition coefficient (Wildman–Crippen LogP) is 3.17. The molecule has 0 bridgehead atoms. The van der Waals surface area contributed by atoms with E-state index in [4.69, 9.17) is 16.0 Å². The first-order chi connectivity index (χ1) is 7.29. The van der Waals surface area contributed by atoms with Crippen LogP contribution in [0.2, 0.25) is 4.34 Å². The van der Waals surface area contributed by atoms with Crippen molar-refractivity contribution in [2.45, 2.75) is 13.5 Å². The molecule has 0 atom stereocenters. The molecule has 0 aliphatic carbocycles. The maximum absolute atomic E-state index is 5.84. The van der Waals surface area contributed by atoms with Gasteiger partial charge in [0.15, 0.2) is 5.76 Å². The quantitative estimate of drug-likeness (QED) is 0.895. The molecule has 2 heterocycles. The van der Waals surface area contributed by atoms with E-state index in [1.54, 1.807) is 6.20 Å². The van der Waals surface area contributed by atoms with Crippen molar-refractivity contribution < 1.29 is 4.42 Å². The molecule has 0 unspecified atom stereocenters. The first-order valence-corrected chi connectivity index (χ1v) is 5.90. The maximum Gasteiger partial charge on any atom is 0.208 e. The second-order valence-electron chi connectivity index (χ2n) is 3.00. The summed E-state index contributed by atoms with van der Waals surface area (Å²) < 4.78 is 6.32. The van der Waals surface area contributed by atoms with Gasteiger partial charge in [-0.2, -0.15) is 0 Å². The Bertz CT molecular complexity index is 438. The number of aromatic nitrogens is 1. The lowest BCUT2D eigenvalue weighted by molar-refractivity contribution is 0.483. The van der Waals surface area contributed by atoms with Gasteiger partial charge in [-0.05, 0) is 18.7 Å². The van der Waals surface area contributed by atoms with Gasteiger partial charge in [0, 0.05) is 0 Å². The minimum atomic E-state index is 0.662. The summed E-state index contributed by atoms with van der Waals surface area (Å²) in [6, 6.07) is 3.79. The van der Waals surface area contributed by atoms with E-state index < -0.39 is 0 Å². The molecule has 15 heavy (non-hydrogen) atoms. The molecule has 2 aromatic rings. The average Bonchev–Trinajstić information content (AvgIpc) is 2.83. The number of nitrogens with zero attached hydrogens (tertiary/aromatic N) is 1. The molecule has 0 amide bonds. The molecule has 0 spiro atoms. The monoisotopic (exact) mass is 242 g/mol. The number of hydrogen-bond acceptors (Lipinski definition) is 4. The molecular weight excluding hydrogens is 232 g/mol. The van der Waals surface area contributed by atoms with Crippen LogP contribution in [-0.4, -0.2) is 11.5 Å². The molecule has 3 nitrogen and oxygen atoms in total. The minimum Gasteiger partial charge on any atom is -0.438 e. The number of thiophene rings is 1. The summed E-state index contributed by atoms with van der Waals surface area (Å²) >= 11 is 7.33. The standard InChI is InChI=1S/C10H11ClN2OS/c1-2-12-6-10-13-5-7(14-10)8-3-4-9(11)15-8/h3-5,12H,2,6H2,1H3. The van der Waals surface area contributed by atoms with Crippen molar-refractivity contribution in [3.05, 3.63) is 28.6 Å². The summed E-state index contributed by atoms with van der Waals surface area (Å²) in [5.41, 5.74) is 0. The average molecular weight is 243 g/mol. The fourth-order valence-corrected chi connectivity index (χ4v) is 2.17. The molecule has 0 saturated carbocycles. The molecule has 0 fully saturated rings. The zero-order valence-corrected chi connectivity index (χ0v) is 9.86. The van der Waals surface area contributed by atoms with E-state index in [0.29, 0.717) is 12.4 Å². The number of halogens is 1. The molecule has 2 rings (SSSR count). The van der Waals surface area contributed by atoms with Gasteiger partial charge in [0.2, 0.25) is 5.89 Å². The molecule has 0 saturated heterocycles. The molecular formula is C10H11ClN2OS. The summed E-state index contributed by atoms with van der Waals surface area (Å²) in [6.07, 6.45) is 1.73. The third kappa shape index (κ3) is 2.59. The Balaban J connectivity index is 2.13. The lowest BCUT2D eigenvalue weighted by Crippen LogP contribution is -2.11. The van der Waals surface area contributed by atoms with Crippen molar-refractivity contribution >= 4 is 22.9 Å². The Hall–Kier alpha value is -0.840. The van der Waals surface area contributed by atoms with Gasteiger partial charge in [-0.1, -0.05) is 18.5 Å². The van der Waals surface area contributed by atoms with Gasteiger partial charge in [-0.3, -0.25) is 0 Å². The lowest BCUT2D eigenvalue weighted by atomic mass is 10.4. The van der Waals surface area contributed by atoms with Crippen LogP contribution in [0.4, 0.5) is 0 Å². The zero-order valence-electron chi connectivity index (χ0n) is 8.29. The largest absolute Gasteiger partial charge is 0.438 e. The third-order valence-corrected chi connectivity index (χ3v) is 3.14. The number of hydrogen-bond donors (Lipinski definition) is 1. The van der Waals surface area contributed by atoms with Gasteiger partial charge < -0.3 is 9.73 Å². The summed E-state index contributed by atoms with van der Waals surface area (Å²) in [5.74, 6) is 1.48. The van der Waals surface area contributed by atoms with E-state index in [-0.39, 0.29) is 0 Å². The van der Waals surface area contributed by atoms with E-state index in [9.17, 15) is 0 Å². The molecule has 80 valence electrons. The fraction of sp³-hybridized carbons (Fsp3) is 0.300. The fourth-order valence-electron chi connectivity index (χ4n) is 1.18. The van der Waals surface area contributed by atoms with Crippen molar-refractivity contribution in [3.8, 4) is 10.6 Å². The van der Waals surface area contributed by atoms with Gasteiger partial charge in [-0.25, -0.2) is 4.98 Å². The number of nitrogens with one attached hydrogen (secondary N) is 1. The van der Waals surface area contributed by atoms with Crippen molar-refractivity contribution in [2.24, 2.45) is 0 Å². The Kier molecular flexibility index (Phi) is 3.41. The number of rotatable bonds is 4. The second-order valence-corrected chi connectivity index (χ2v) is 4.72. The van der Waals surface area contributed by atoms with Crippen LogP contribution in [0.5, 0.6) is 0 Å². The highest BCUT2D eigenvalue weighted by Gasteiger charge is 2.07. The normalized spacial score (nSPS) is 10.8. The smallest absolute Gasteiger partial charge is 0.208 e. The minimum absolute atomic E-state index is 0.662. The third-order valence-electron chi connectivity index (χ3n) is 1.90. The van der Waals surface area contributed by atoms with Crippen LogP contribution in [0.3, 0.4) is 0 Å². The highest BCUT2D eigenvalue weighted by atomic mass is 35.5. The van der Waals surface area contributed by atoms with E-state index in [2.05, 4.69) is 10.3 Å². The van der Waals surface area contributed by atoms with Crippen molar-refractivity contribution in [1.82, 2.24) is 10.3 Å². The lowest BCUT2D eigenvalue weighted by Gasteiger charge is -1.94. The Morgan fingerprint density at radius 2 is 2.40 bits per heavy atom.